The van der Waals surface area contributed by atoms with Crippen molar-refractivity contribution in [2.45, 2.75) is 115 Å². The van der Waals surface area contributed by atoms with E-state index < -0.39 is 12.3 Å². The largest absolute Gasteiger partial charge is 0.391 e. The van der Waals surface area contributed by atoms with Crippen molar-refractivity contribution in [1.29, 1.82) is 0 Å². The normalized spacial score (nSPS) is 24.7. The Kier molecular flexibility index (Phi) is 11.5. The Morgan fingerprint density at radius 3 is 1.80 bits per heavy atom. The topological polar surface area (TPSA) is 9.23 Å². The van der Waals surface area contributed by atoms with Gasteiger partial charge in [-0.3, -0.25) is 0 Å². The number of halogens is 3. The van der Waals surface area contributed by atoms with Gasteiger partial charge in [-0.05, 0) is 130 Å². The van der Waals surface area contributed by atoms with Gasteiger partial charge in [0.1, 0.15) is 0 Å². The number of rotatable bonds is 13. The van der Waals surface area contributed by atoms with Gasteiger partial charge in [0, 0.05) is 0 Å². The van der Waals surface area contributed by atoms with E-state index in [1.54, 1.807) is 0 Å². The second-order valence-electron chi connectivity index (χ2n) is 12.1. The summed E-state index contributed by atoms with van der Waals surface area (Å²) >= 11 is 0. The Bertz CT molecular complexity index is 1040. The summed E-state index contributed by atoms with van der Waals surface area (Å²) in [5.41, 5.74) is 2.97. The lowest BCUT2D eigenvalue weighted by atomic mass is 9.77. The standard InChI is InChI=1S/C36H47F3O/c1-3-5-7-9-28-12-18-31(19-13-28)33-22-24-34(25-23-33)35(37)36(38,39)40-26-29-14-20-32(21-15-29)30-16-10-27(11-17-30)8-6-4-2/h3-5,14-15,20-25,27-28,30-31,35H,2,6-13,16-19,26H2,1H3. The van der Waals surface area contributed by atoms with Gasteiger partial charge in [-0.1, -0.05) is 66.8 Å². The second-order valence-corrected chi connectivity index (χ2v) is 12.1. The molecule has 2 aliphatic carbocycles. The predicted molar refractivity (Wildman–Crippen MR) is 159 cm³/mol. The van der Waals surface area contributed by atoms with E-state index in [-0.39, 0.29) is 12.2 Å². The molecule has 2 fully saturated rings. The summed E-state index contributed by atoms with van der Waals surface area (Å²) in [6.45, 7) is 5.56. The molecule has 218 valence electrons. The molecule has 0 aliphatic heterocycles. The van der Waals surface area contributed by atoms with Crippen LogP contribution in [0.25, 0.3) is 0 Å². The van der Waals surface area contributed by atoms with Crippen LogP contribution in [0.3, 0.4) is 0 Å². The van der Waals surface area contributed by atoms with Crippen molar-refractivity contribution in [3.63, 3.8) is 0 Å². The lowest BCUT2D eigenvalue weighted by molar-refractivity contribution is -0.282. The quantitative estimate of drug-likeness (QED) is 0.225. The van der Waals surface area contributed by atoms with Crippen molar-refractivity contribution in [2.75, 3.05) is 0 Å². The van der Waals surface area contributed by atoms with Crippen LogP contribution in [0.2, 0.25) is 0 Å². The molecule has 1 atom stereocenters. The molecule has 2 saturated carbocycles. The van der Waals surface area contributed by atoms with Gasteiger partial charge in [-0.15, -0.1) is 6.58 Å². The molecule has 2 aliphatic rings. The Morgan fingerprint density at radius 2 is 1.30 bits per heavy atom. The molecule has 1 nitrogen and oxygen atoms in total. The Balaban J connectivity index is 1.24. The van der Waals surface area contributed by atoms with Gasteiger partial charge in [0.05, 0.1) is 6.61 Å². The summed E-state index contributed by atoms with van der Waals surface area (Å²) < 4.78 is 49.2. The molecule has 0 heterocycles. The summed E-state index contributed by atoms with van der Waals surface area (Å²) in [5.74, 6) is 2.50. The molecule has 2 aromatic carbocycles. The first-order valence-electron chi connectivity index (χ1n) is 15.5. The van der Waals surface area contributed by atoms with Crippen LogP contribution in [0.4, 0.5) is 13.2 Å². The Morgan fingerprint density at radius 1 is 0.800 bits per heavy atom. The number of allylic oxidation sites excluding steroid dienone is 3. The molecule has 0 N–H and O–H groups in total. The Hall–Kier alpha value is -2.33. The van der Waals surface area contributed by atoms with E-state index in [9.17, 15) is 13.2 Å². The van der Waals surface area contributed by atoms with E-state index in [0.717, 1.165) is 55.9 Å². The van der Waals surface area contributed by atoms with Crippen LogP contribution in [0.15, 0.2) is 73.3 Å². The lowest BCUT2D eigenvalue weighted by Crippen LogP contribution is -2.27. The van der Waals surface area contributed by atoms with Crippen molar-refractivity contribution >= 4 is 0 Å². The van der Waals surface area contributed by atoms with Gasteiger partial charge < -0.3 is 4.74 Å². The van der Waals surface area contributed by atoms with Crippen LogP contribution in [-0.2, 0) is 11.3 Å². The molecule has 4 heteroatoms. The number of benzene rings is 2. The minimum Gasteiger partial charge on any atom is -0.313 e. The van der Waals surface area contributed by atoms with Crippen LogP contribution in [-0.4, -0.2) is 6.11 Å². The minimum absolute atomic E-state index is 0.0344. The highest BCUT2D eigenvalue weighted by Gasteiger charge is 2.43. The zero-order valence-electron chi connectivity index (χ0n) is 24.2. The van der Waals surface area contributed by atoms with Crippen LogP contribution in [0.1, 0.15) is 124 Å². The maximum absolute atomic E-state index is 14.9. The fourth-order valence-corrected chi connectivity index (χ4v) is 6.69. The van der Waals surface area contributed by atoms with E-state index in [4.69, 9.17) is 4.74 Å². The molecule has 0 bridgehead atoms. The number of hydrogen-bond acceptors (Lipinski definition) is 1. The Labute approximate surface area is 239 Å². The highest BCUT2D eigenvalue weighted by Crippen LogP contribution is 2.41. The third kappa shape index (κ3) is 8.59. The van der Waals surface area contributed by atoms with Crippen molar-refractivity contribution < 1.29 is 17.9 Å². The summed E-state index contributed by atoms with van der Waals surface area (Å²) in [6.07, 6.45) is 14.0. The SMILES string of the molecule is C=CCCC1CCC(c2ccc(COC(F)(F)C(F)c3ccc(C4CCC(CCC=CC)CC4)cc3)cc2)CC1. The molecule has 0 spiro atoms. The van der Waals surface area contributed by atoms with Crippen LogP contribution in [0, 0.1) is 11.8 Å². The summed E-state index contributed by atoms with van der Waals surface area (Å²) in [4.78, 5) is 0. The lowest BCUT2D eigenvalue weighted by Gasteiger charge is -2.29. The fourth-order valence-electron chi connectivity index (χ4n) is 6.69. The average molecular weight is 553 g/mol. The average Bonchev–Trinajstić information content (AvgIpc) is 3.00. The van der Waals surface area contributed by atoms with Crippen molar-refractivity contribution in [3.05, 3.63) is 95.6 Å². The number of hydrogen-bond donors (Lipinski definition) is 0. The molecule has 40 heavy (non-hydrogen) atoms. The van der Waals surface area contributed by atoms with Gasteiger partial charge in [0.2, 0.25) is 6.17 Å². The van der Waals surface area contributed by atoms with E-state index in [1.165, 1.54) is 56.2 Å². The molecular weight excluding hydrogens is 505 g/mol. The predicted octanol–water partition coefficient (Wildman–Crippen LogP) is 11.4. The minimum atomic E-state index is -3.89. The van der Waals surface area contributed by atoms with Crippen molar-refractivity contribution in [3.8, 4) is 0 Å². The number of ether oxygens (including phenoxy) is 1. The van der Waals surface area contributed by atoms with Gasteiger partial charge >= 0.3 is 6.11 Å². The smallest absolute Gasteiger partial charge is 0.313 e. The molecule has 1 unspecified atom stereocenters. The zero-order valence-corrected chi connectivity index (χ0v) is 24.2. The summed E-state index contributed by atoms with van der Waals surface area (Å²) in [5, 5.41) is 0. The first-order chi connectivity index (χ1) is 19.4. The molecule has 0 radical (unpaired) electrons. The van der Waals surface area contributed by atoms with E-state index in [0.29, 0.717) is 17.4 Å². The molecular formula is C36H47F3O. The maximum Gasteiger partial charge on any atom is 0.391 e. The zero-order chi connectivity index (χ0) is 28.4. The van der Waals surface area contributed by atoms with E-state index in [1.807, 2.05) is 42.5 Å². The summed E-state index contributed by atoms with van der Waals surface area (Å²) in [7, 11) is 0. The highest BCUT2D eigenvalue weighted by molar-refractivity contribution is 5.28. The van der Waals surface area contributed by atoms with Crippen molar-refractivity contribution in [1.82, 2.24) is 0 Å². The van der Waals surface area contributed by atoms with Crippen molar-refractivity contribution in [2.24, 2.45) is 11.8 Å². The molecule has 0 aromatic heterocycles. The summed E-state index contributed by atoms with van der Waals surface area (Å²) in [6, 6.07) is 14.4. The third-order valence-corrected chi connectivity index (χ3v) is 9.33. The number of alkyl halides is 3. The molecule has 0 amide bonds. The van der Waals surface area contributed by atoms with Gasteiger partial charge in [-0.25, -0.2) is 4.39 Å². The van der Waals surface area contributed by atoms with Gasteiger partial charge in [-0.2, -0.15) is 8.78 Å². The first kappa shape index (κ1) is 30.6. The van der Waals surface area contributed by atoms with Gasteiger partial charge in [0.15, 0.2) is 0 Å². The van der Waals surface area contributed by atoms with E-state index in [2.05, 4.69) is 25.7 Å². The van der Waals surface area contributed by atoms with Crippen LogP contribution in [0.5, 0.6) is 0 Å². The molecule has 0 saturated heterocycles. The van der Waals surface area contributed by atoms with E-state index >= 15 is 0 Å². The highest BCUT2D eigenvalue weighted by atomic mass is 19.3. The monoisotopic (exact) mass is 552 g/mol. The molecule has 4 rings (SSSR count). The fraction of sp³-hybridized carbons (Fsp3) is 0.556. The van der Waals surface area contributed by atoms with Crippen LogP contribution < -0.4 is 0 Å². The maximum atomic E-state index is 14.9. The second kappa shape index (κ2) is 15.1. The third-order valence-electron chi connectivity index (χ3n) is 9.33. The van der Waals surface area contributed by atoms with Crippen LogP contribution >= 0.6 is 0 Å². The van der Waals surface area contributed by atoms with Gasteiger partial charge in [0.25, 0.3) is 0 Å². The molecule has 2 aromatic rings. The first-order valence-corrected chi connectivity index (χ1v) is 15.5.